The number of amides is 2. The number of benzene rings is 2. The second-order valence-corrected chi connectivity index (χ2v) is 8.03. The van der Waals surface area contributed by atoms with Crippen molar-refractivity contribution in [2.45, 2.75) is 47.2 Å². The Bertz CT molecular complexity index is 837. The quantitative estimate of drug-likeness (QED) is 0.758. The molecule has 2 amide bonds. The second-order valence-electron chi connectivity index (χ2n) is 6.88. The van der Waals surface area contributed by atoms with E-state index < -0.39 is 5.91 Å². The summed E-state index contributed by atoms with van der Waals surface area (Å²) in [6.45, 7) is 0. The van der Waals surface area contributed by atoms with Crippen LogP contribution in [0.15, 0.2) is 58.3 Å². The van der Waals surface area contributed by atoms with Gasteiger partial charge in [0.15, 0.2) is 0 Å². The van der Waals surface area contributed by atoms with Crippen molar-refractivity contribution in [3.05, 3.63) is 59.7 Å². The second kappa shape index (κ2) is 7.13. The fraction of sp³-hybridized carbons (Fsp3) is 0.300. The molecule has 2 heterocycles. The van der Waals surface area contributed by atoms with Gasteiger partial charge in [-0.3, -0.25) is 9.59 Å². The molecule has 0 aliphatic carbocycles. The van der Waals surface area contributed by atoms with Crippen LogP contribution in [0.3, 0.4) is 0 Å². The summed E-state index contributed by atoms with van der Waals surface area (Å²) in [6, 6.07) is 16.0. The van der Waals surface area contributed by atoms with Crippen LogP contribution in [-0.4, -0.2) is 29.9 Å². The zero-order valence-electron chi connectivity index (χ0n) is 14.3. The van der Waals surface area contributed by atoms with Crippen LogP contribution < -0.4 is 16.4 Å². The summed E-state index contributed by atoms with van der Waals surface area (Å²) >= 11 is 1.53. The van der Waals surface area contributed by atoms with Gasteiger partial charge in [0.1, 0.15) is 0 Å². The maximum atomic E-state index is 12.5. The molecule has 5 nitrogen and oxygen atoms in total. The van der Waals surface area contributed by atoms with Crippen molar-refractivity contribution in [1.29, 1.82) is 0 Å². The van der Waals surface area contributed by atoms with Crippen molar-refractivity contribution >= 4 is 23.6 Å². The van der Waals surface area contributed by atoms with E-state index in [4.69, 9.17) is 5.73 Å². The van der Waals surface area contributed by atoms with E-state index in [0.29, 0.717) is 23.2 Å². The highest BCUT2D eigenvalue weighted by molar-refractivity contribution is 7.99. The molecular weight excluding hydrogens is 346 g/mol. The van der Waals surface area contributed by atoms with Gasteiger partial charge in [0.25, 0.3) is 5.91 Å². The van der Waals surface area contributed by atoms with Crippen molar-refractivity contribution in [1.82, 2.24) is 10.6 Å². The predicted molar refractivity (Wildman–Crippen MR) is 101 cm³/mol. The molecule has 134 valence electrons. The number of fused-ring (bicyclic) bond motifs is 2. The summed E-state index contributed by atoms with van der Waals surface area (Å²) in [7, 11) is 0. The summed E-state index contributed by atoms with van der Waals surface area (Å²) in [4.78, 5) is 25.7. The molecule has 0 radical (unpaired) electrons. The Labute approximate surface area is 156 Å². The van der Waals surface area contributed by atoms with E-state index in [-0.39, 0.29) is 11.9 Å². The van der Waals surface area contributed by atoms with Gasteiger partial charge in [0, 0.05) is 39.0 Å². The van der Waals surface area contributed by atoms with Gasteiger partial charge >= 0.3 is 0 Å². The smallest absolute Gasteiger partial charge is 0.251 e. The van der Waals surface area contributed by atoms with E-state index in [1.54, 1.807) is 12.1 Å². The zero-order chi connectivity index (χ0) is 18.1. The van der Waals surface area contributed by atoms with E-state index in [9.17, 15) is 9.59 Å². The molecule has 4 N–H and O–H groups in total. The molecule has 0 aromatic heterocycles. The van der Waals surface area contributed by atoms with Crippen LogP contribution in [0.2, 0.25) is 0 Å². The Balaban J connectivity index is 1.39. The fourth-order valence-corrected chi connectivity index (χ4v) is 4.64. The number of primary amides is 1. The summed E-state index contributed by atoms with van der Waals surface area (Å²) in [6.07, 6.45) is 3.40. The lowest BCUT2D eigenvalue weighted by atomic mass is 9.95. The highest BCUT2D eigenvalue weighted by Crippen LogP contribution is 2.30. The Kier molecular flexibility index (Phi) is 4.70. The lowest BCUT2D eigenvalue weighted by Gasteiger charge is -2.21. The molecule has 26 heavy (non-hydrogen) atoms. The number of rotatable bonds is 5. The van der Waals surface area contributed by atoms with Crippen LogP contribution in [0.25, 0.3) is 0 Å². The Morgan fingerprint density at radius 1 is 1.04 bits per heavy atom. The van der Waals surface area contributed by atoms with Gasteiger partial charge in [0.05, 0.1) is 0 Å². The van der Waals surface area contributed by atoms with Gasteiger partial charge < -0.3 is 16.4 Å². The normalized spacial score (nSPS) is 23.8. The molecular formula is C20H21N3O2S. The lowest BCUT2D eigenvalue weighted by molar-refractivity contribution is 0.0930. The van der Waals surface area contributed by atoms with Crippen molar-refractivity contribution < 1.29 is 9.59 Å². The average Bonchev–Trinajstić information content (AvgIpc) is 3.25. The molecule has 2 bridgehead atoms. The number of hydrogen-bond donors (Lipinski definition) is 3. The van der Waals surface area contributed by atoms with Crippen molar-refractivity contribution in [2.24, 2.45) is 5.73 Å². The van der Waals surface area contributed by atoms with Crippen LogP contribution in [0, 0.1) is 0 Å². The van der Waals surface area contributed by atoms with Gasteiger partial charge in [-0.15, -0.1) is 0 Å². The molecule has 2 aromatic carbocycles. The number of nitrogens with two attached hydrogens (primary N) is 1. The number of nitrogens with one attached hydrogen (secondary N) is 2. The van der Waals surface area contributed by atoms with E-state index in [2.05, 4.69) is 10.6 Å². The first kappa shape index (κ1) is 17.1. The van der Waals surface area contributed by atoms with E-state index >= 15 is 0 Å². The zero-order valence-corrected chi connectivity index (χ0v) is 15.1. The molecule has 0 spiro atoms. The maximum absolute atomic E-state index is 12.5. The van der Waals surface area contributed by atoms with Crippen LogP contribution in [0.4, 0.5) is 0 Å². The van der Waals surface area contributed by atoms with Gasteiger partial charge in [0.2, 0.25) is 5.91 Å². The molecule has 4 rings (SSSR count). The van der Waals surface area contributed by atoms with Crippen molar-refractivity contribution in [3.63, 3.8) is 0 Å². The summed E-state index contributed by atoms with van der Waals surface area (Å²) in [5, 5.41) is 6.69. The molecule has 3 atom stereocenters. The van der Waals surface area contributed by atoms with E-state index in [0.717, 1.165) is 22.6 Å². The Morgan fingerprint density at radius 3 is 2.50 bits per heavy atom. The monoisotopic (exact) mass is 367 g/mol. The summed E-state index contributed by atoms with van der Waals surface area (Å²) in [5.41, 5.74) is 6.48. The fourth-order valence-electron chi connectivity index (χ4n) is 3.76. The van der Waals surface area contributed by atoms with Gasteiger partial charge in [-0.1, -0.05) is 17.8 Å². The van der Waals surface area contributed by atoms with Crippen LogP contribution in [-0.2, 0) is 0 Å². The van der Waals surface area contributed by atoms with Gasteiger partial charge in [-0.2, -0.15) is 0 Å². The topological polar surface area (TPSA) is 84.2 Å². The Morgan fingerprint density at radius 2 is 1.85 bits per heavy atom. The highest BCUT2D eigenvalue weighted by atomic mass is 32.2. The first-order valence-corrected chi connectivity index (χ1v) is 9.65. The van der Waals surface area contributed by atoms with Crippen molar-refractivity contribution in [2.75, 3.05) is 0 Å². The number of hydrogen-bond acceptors (Lipinski definition) is 4. The molecule has 0 unspecified atom stereocenters. The average molecular weight is 367 g/mol. The third-order valence-corrected chi connectivity index (χ3v) is 6.08. The van der Waals surface area contributed by atoms with Crippen molar-refractivity contribution in [3.8, 4) is 0 Å². The van der Waals surface area contributed by atoms with Crippen LogP contribution in [0.1, 0.15) is 40.0 Å². The van der Waals surface area contributed by atoms with Gasteiger partial charge in [-0.25, -0.2) is 0 Å². The SMILES string of the molecule is NC(=O)c1cccc(Sc2ccc(C(=O)N[C@@H]3C[C@H]4CC[C@@H]3N4)cc2)c1. The molecule has 2 saturated heterocycles. The summed E-state index contributed by atoms with van der Waals surface area (Å²) < 4.78 is 0. The third kappa shape index (κ3) is 3.61. The molecule has 2 fully saturated rings. The minimum Gasteiger partial charge on any atom is -0.366 e. The molecule has 0 saturated carbocycles. The molecule has 6 heteroatoms. The molecule has 2 aliphatic rings. The van der Waals surface area contributed by atoms with E-state index in [1.807, 2.05) is 36.4 Å². The number of carbonyl (C=O) groups is 2. The molecule has 2 aromatic rings. The standard InChI is InChI=1S/C20H21N3O2S/c21-19(24)13-2-1-3-16(10-13)26-15-7-4-12(5-8-15)20(25)23-18-11-14-6-9-17(18)22-14/h1-5,7-8,10,14,17-18,22H,6,9,11H2,(H2,21,24)(H,23,25)/t14-,17+,18-/m1/s1. The van der Waals surface area contributed by atoms with Crippen LogP contribution in [0.5, 0.6) is 0 Å². The first-order chi connectivity index (χ1) is 12.6. The van der Waals surface area contributed by atoms with E-state index in [1.165, 1.54) is 18.2 Å². The first-order valence-electron chi connectivity index (χ1n) is 8.83. The predicted octanol–water partition coefficient (Wildman–Crippen LogP) is 2.56. The highest BCUT2D eigenvalue weighted by Gasteiger charge is 2.39. The summed E-state index contributed by atoms with van der Waals surface area (Å²) in [5.74, 6) is -0.453. The largest absolute Gasteiger partial charge is 0.366 e. The van der Waals surface area contributed by atoms with Gasteiger partial charge in [-0.05, 0) is 61.7 Å². The maximum Gasteiger partial charge on any atom is 0.251 e. The molecule has 2 aliphatic heterocycles. The number of carbonyl (C=O) groups excluding carboxylic acids is 2. The van der Waals surface area contributed by atoms with Crippen LogP contribution >= 0.6 is 11.8 Å². The Hall–Kier alpha value is -2.31. The minimum atomic E-state index is -0.436. The lowest BCUT2D eigenvalue weighted by Crippen LogP contribution is -2.42. The third-order valence-electron chi connectivity index (χ3n) is 5.09. The minimum absolute atomic E-state index is 0.0170.